The molecule has 0 unspecified atom stereocenters. The molecular weight excluding hydrogens is 198 g/mol. The molecule has 1 N–H and O–H groups in total. The van der Waals surface area contributed by atoms with Crippen LogP contribution < -0.4 is 5.32 Å². The average Bonchev–Trinajstić information content (AvgIpc) is 2.27. The minimum absolute atomic E-state index is 0.566. The van der Waals surface area contributed by atoms with Crippen LogP contribution in [0.2, 0.25) is 0 Å². The molecule has 1 fully saturated rings. The van der Waals surface area contributed by atoms with Gasteiger partial charge in [0.05, 0.1) is 5.52 Å². The Bertz CT molecular complexity index is 503. The number of aromatic nitrogens is 2. The van der Waals surface area contributed by atoms with Crippen molar-refractivity contribution in [2.24, 2.45) is 5.92 Å². The van der Waals surface area contributed by atoms with Gasteiger partial charge in [-0.05, 0) is 24.8 Å². The van der Waals surface area contributed by atoms with Crippen LogP contribution in [0.1, 0.15) is 19.8 Å². The van der Waals surface area contributed by atoms with Gasteiger partial charge in [-0.25, -0.2) is 9.97 Å². The van der Waals surface area contributed by atoms with Gasteiger partial charge < -0.3 is 5.32 Å². The Balaban J connectivity index is 1.82. The van der Waals surface area contributed by atoms with Crippen molar-refractivity contribution in [3.63, 3.8) is 0 Å². The zero-order chi connectivity index (χ0) is 11.0. The molecule has 3 rings (SSSR count). The summed E-state index contributed by atoms with van der Waals surface area (Å²) in [7, 11) is 0. The van der Waals surface area contributed by atoms with Crippen molar-refractivity contribution in [2.75, 3.05) is 5.32 Å². The molecule has 0 aliphatic heterocycles. The molecule has 3 nitrogen and oxygen atoms in total. The van der Waals surface area contributed by atoms with E-state index in [1.54, 1.807) is 0 Å². The first-order chi connectivity index (χ1) is 7.81. The number of rotatable bonds is 2. The summed E-state index contributed by atoms with van der Waals surface area (Å²) in [4.78, 5) is 8.83. The number of hydrogen-bond donors (Lipinski definition) is 1. The van der Waals surface area contributed by atoms with Crippen molar-refractivity contribution in [1.82, 2.24) is 9.97 Å². The Hall–Kier alpha value is -1.64. The zero-order valence-electron chi connectivity index (χ0n) is 9.35. The lowest BCUT2D eigenvalue weighted by molar-refractivity contribution is 0.308. The van der Waals surface area contributed by atoms with Crippen LogP contribution in [0.3, 0.4) is 0 Å². The molecule has 82 valence electrons. The second-order valence-corrected chi connectivity index (χ2v) is 4.67. The average molecular weight is 213 g/mol. The number of para-hydroxylation sites is 1. The van der Waals surface area contributed by atoms with Gasteiger partial charge in [0, 0.05) is 17.6 Å². The third-order valence-electron chi connectivity index (χ3n) is 3.20. The molecule has 0 amide bonds. The third-order valence-corrected chi connectivity index (χ3v) is 3.20. The summed E-state index contributed by atoms with van der Waals surface area (Å²) in [5, 5.41) is 4.47. The topological polar surface area (TPSA) is 37.8 Å². The smallest absolute Gasteiger partial charge is 0.223 e. The van der Waals surface area contributed by atoms with Crippen LogP contribution in [-0.2, 0) is 0 Å². The van der Waals surface area contributed by atoms with Crippen LogP contribution in [-0.4, -0.2) is 16.0 Å². The van der Waals surface area contributed by atoms with E-state index in [0.717, 1.165) is 22.8 Å². The molecule has 16 heavy (non-hydrogen) atoms. The molecule has 3 heteroatoms. The van der Waals surface area contributed by atoms with E-state index in [2.05, 4.69) is 22.2 Å². The molecule has 1 heterocycles. The maximum Gasteiger partial charge on any atom is 0.223 e. The van der Waals surface area contributed by atoms with Gasteiger partial charge in [-0.2, -0.15) is 0 Å². The molecule has 1 aliphatic rings. The lowest BCUT2D eigenvalue weighted by Gasteiger charge is -2.33. The molecule has 0 radical (unpaired) electrons. The summed E-state index contributed by atoms with van der Waals surface area (Å²) in [5.74, 6) is 1.61. The predicted molar refractivity (Wildman–Crippen MR) is 65.3 cm³/mol. The normalized spacial score (nSPS) is 24.1. The Kier molecular flexibility index (Phi) is 2.24. The van der Waals surface area contributed by atoms with Crippen molar-refractivity contribution in [1.29, 1.82) is 0 Å². The summed E-state index contributed by atoms with van der Waals surface area (Å²) >= 11 is 0. The monoisotopic (exact) mass is 213 g/mol. The zero-order valence-corrected chi connectivity index (χ0v) is 9.35. The molecule has 0 saturated heterocycles. The van der Waals surface area contributed by atoms with E-state index in [-0.39, 0.29) is 0 Å². The molecule has 1 saturated carbocycles. The molecule has 1 aliphatic carbocycles. The fourth-order valence-corrected chi connectivity index (χ4v) is 2.24. The van der Waals surface area contributed by atoms with E-state index < -0.39 is 0 Å². The van der Waals surface area contributed by atoms with Gasteiger partial charge in [0.2, 0.25) is 5.95 Å². The van der Waals surface area contributed by atoms with Gasteiger partial charge in [-0.3, -0.25) is 0 Å². The predicted octanol–water partition coefficient (Wildman–Crippen LogP) is 2.84. The van der Waals surface area contributed by atoms with Crippen LogP contribution in [0.25, 0.3) is 10.9 Å². The highest BCUT2D eigenvalue weighted by molar-refractivity contribution is 5.78. The quantitative estimate of drug-likeness (QED) is 0.833. The van der Waals surface area contributed by atoms with E-state index >= 15 is 0 Å². The standard InChI is InChI=1S/C13H15N3/c1-9-6-11(7-9)15-13-14-8-10-4-2-3-5-12(10)16-13/h2-5,8-9,11H,6-7H2,1H3,(H,14,15,16). The van der Waals surface area contributed by atoms with Crippen molar-refractivity contribution in [3.8, 4) is 0 Å². The highest BCUT2D eigenvalue weighted by Gasteiger charge is 2.25. The molecule has 1 aromatic carbocycles. The summed E-state index contributed by atoms with van der Waals surface area (Å²) in [6, 6.07) is 8.63. The second-order valence-electron chi connectivity index (χ2n) is 4.67. The van der Waals surface area contributed by atoms with Gasteiger partial charge in [-0.15, -0.1) is 0 Å². The van der Waals surface area contributed by atoms with Gasteiger partial charge in [-0.1, -0.05) is 25.1 Å². The largest absolute Gasteiger partial charge is 0.351 e. The lowest BCUT2D eigenvalue weighted by Crippen LogP contribution is -2.34. The Morgan fingerprint density at radius 3 is 2.88 bits per heavy atom. The number of anilines is 1. The fraction of sp³-hybridized carbons (Fsp3) is 0.385. The summed E-state index contributed by atoms with van der Waals surface area (Å²) in [5.41, 5.74) is 1.01. The lowest BCUT2D eigenvalue weighted by atomic mass is 9.82. The highest BCUT2D eigenvalue weighted by atomic mass is 15.1. The first-order valence-corrected chi connectivity index (χ1v) is 5.79. The van der Waals surface area contributed by atoms with Gasteiger partial charge >= 0.3 is 0 Å². The Labute approximate surface area is 94.9 Å². The van der Waals surface area contributed by atoms with Crippen molar-refractivity contribution < 1.29 is 0 Å². The van der Waals surface area contributed by atoms with E-state index in [4.69, 9.17) is 0 Å². The van der Waals surface area contributed by atoms with E-state index in [1.807, 2.05) is 30.5 Å². The third kappa shape index (κ3) is 1.73. The summed E-state index contributed by atoms with van der Waals surface area (Å²) in [6.45, 7) is 2.28. The van der Waals surface area contributed by atoms with Gasteiger partial charge in [0.1, 0.15) is 0 Å². The maximum absolute atomic E-state index is 4.50. The van der Waals surface area contributed by atoms with Crippen LogP contribution in [0.4, 0.5) is 5.95 Å². The van der Waals surface area contributed by atoms with Crippen LogP contribution in [0.5, 0.6) is 0 Å². The minimum atomic E-state index is 0.566. The van der Waals surface area contributed by atoms with Gasteiger partial charge in [0.15, 0.2) is 0 Å². The van der Waals surface area contributed by atoms with E-state index in [1.165, 1.54) is 12.8 Å². The maximum atomic E-state index is 4.50. The van der Waals surface area contributed by atoms with Crippen LogP contribution in [0, 0.1) is 5.92 Å². The van der Waals surface area contributed by atoms with Crippen LogP contribution in [0.15, 0.2) is 30.5 Å². The first kappa shape index (κ1) is 9.58. The van der Waals surface area contributed by atoms with Crippen molar-refractivity contribution in [2.45, 2.75) is 25.8 Å². The van der Waals surface area contributed by atoms with E-state index in [9.17, 15) is 0 Å². The first-order valence-electron chi connectivity index (χ1n) is 5.79. The number of nitrogens with zero attached hydrogens (tertiary/aromatic N) is 2. The molecule has 0 bridgehead atoms. The SMILES string of the molecule is CC1CC(Nc2ncc3ccccc3n2)C1. The van der Waals surface area contributed by atoms with E-state index in [0.29, 0.717) is 6.04 Å². The number of fused-ring (bicyclic) bond motifs is 1. The summed E-state index contributed by atoms with van der Waals surface area (Å²) in [6.07, 6.45) is 4.35. The van der Waals surface area contributed by atoms with Crippen molar-refractivity contribution in [3.05, 3.63) is 30.5 Å². The Morgan fingerprint density at radius 2 is 2.06 bits per heavy atom. The van der Waals surface area contributed by atoms with Crippen LogP contribution >= 0.6 is 0 Å². The molecule has 0 spiro atoms. The molecule has 0 atom stereocenters. The molecule has 2 aromatic rings. The highest BCUT2D eigenvalue weighted by Crippen LogP contribution is 2.28. The van der Waals surface area contributed by atoms with Crippen molar-refractivity contribution >= 4 is 16.9 Å². The minimum Gasteiger partial charge on any atom is -0.351 e. The fourth-order valence-electron chi connectivity index (χ4n) is 2.24. The molecule has 1 aromatic heterocycles. The Morgan fingerprint density at radius 1 is 1.25 bits per heavy atom. The second kappa shape index (κ2) is 3.74. The molecular formula is C13H15N3. The van der Waals surface area contributed by atoms with Gasteiger partial charge in [0.25, 0.3) is 0 Å². The summed E-state index contributed by atoms with van der Waals surface area (Å²) < 4.78 is 0. The number of hydrogen-bond acceptors (Lipinski definition) is 3. The number of benzene rings is 1. The number of nitrogens with one attached hydrogen (secondary N) is 1.